The summed E-state index contributed by atoms with van der Waals surface area (Å²) in [6.45, 7) is 0.270. The molecule has 0 unspecified atom stereocenters. The highest BCUT2D eigenvalue weighted by molar-refractivity contribution is 5.96. The highest BCUT2D eigenvalue weighted by Gasteiger charge is 2.12. The molecule has 3 N–H and O–H groups in total. The van der Waals surface area contributed by atoms with E-state index in [-0.39, 0.29) is 12.4 Å². The molecule has 0 amide bonds. The Bertz CT molecular complexity index is 619. The molecule has 0 aliphatic carbocycles. The number of ether oxygens (including phenoxy) is 3. The fourth-order valence-corrected chi connectivity index (χ4v) is 2.02. The molecule has 5 heteroatoms. The molecule has 0 aliphatic rings. The predicted octanol–water partition coefficient (Wildman–Crippen LogP) is 2.57. The minimum Gasteiger partial charge on any atom is -0.493 e. The van der Waals surface area contributed by atoms with E-state index in [0.717, 1.165) is 5.56 Å². The molecule has 0 atom stereocenters. The van der Waals surface area contributed by atoms with Crippen molar-refractivity contribution in [2.24, 2.45) is 5.73 Å². The predicted molar refractivity (Wildman–Crippen MR) is 81.3 cm³/mol. The largest absolute Gasteiger partial charge is 0.493 e. The monoisotopic (exact) mass is 286 g/mol. The van der Waals surface area contributed by atoms with Gasteiger partial charge in [0, 0.05) is 11.1 Å². The van der Waals surface area contributed by atoms with E-state index < -0.39 is 0 Å². The molecule has 0 bridgehead atoms. The van der Waals surface area contributed by atoms with Crippen LogP contribution in [-0.4, -0.2) is 20.1 Å². The molecule has 0 saturated heterocycles. The Balaban J connectivity index is 2.26. The van der Waals surface area contributed by atoms with Crippen LogP contribution in [0.2, 0.25) is 0 Å². The Kier molecular flexibility index (Phi) is 4.66. The van der Waals surface area contributed by atoms with Gasteiger partial charge in [-0.1, -0.05) is 30.3 Å². The van der Waals surface area contributed by atoms with Crippen LogP contribution < -0.4 is 19.9 Å². The zero-order chi connectivity index (χ0) is 15.2. The minimum absolute atomic E-state index is 0.0150. The molecular formula is C16H18N2O3. The minimum atomic E-state index is 0.0150. The first kappa shape index (κ1) is 14.7. The van der Waals surface area contributed by atoms with Crippen molar-refractivity contribution < 1.29 is 14.2 Å². The molecule has 0 aliphatic heterocycles. The summed E-state index contributed by atoms with van der Waals surface area (Å²) in [5, 5.41) is 7.59. The average Bonchev–Trinajstić information content (AvgIpc) is 2.52. The lowest BCUT2D eigenvalue weighted by Crippen LogP contribution is -2.14. The summed E-state index contributed by atoms with van der Waals surface area (Å²) in [4.78, 5) is 0. The van der Waals surface area contributed by atoms with Crippen molar-refractivity contribution in [1.82, 2.24) is 0 Å². The van der Waals surface area contributed by atoms with Crippen LogP contribution in [0.3, 0.4) is 0 Å². The van der Waals surface area contributed by atoms with Crippen molar-refractivity contribution in [2.45, 2.75) is 6.61 Å². The zero-order valence-corrected chi connectivity index (χ0v) is 12.1. The van der Waals surface area contributed by atoms with Crippen molar-refractivity contribution in [3.05, 3.63) is 53.6 Å². The Hall–Kier alpha value is -2.69. The number of para-hydroxylation sites is 1. The van der Waals surface area contributed by atoms with Crippen LogP contribution in [-0.2, 0) is 6.61 Å². The Morgan fingerprint density at radius 3 is 2.19 bits per heavy atom. The van der Waals surface area contributed by atoms with Gasteiger partial charge in [0.25, 0.3) is 0 Å². The maximum atomic E-state index is 7.59. The summed E-state index contributed by atoms with van der Waals surface area (Å²) in [6, 6.07) is 12.8. The van der Waals surface area contributed by atoms with Gasteiger partial charge >= 0.3 is 0 Å². The normalized spacial score (nSPS) is 10.0. The maximum absolute atomic E-state index is 7.59. The number of rotatable bonds is 6. The van der Waals surface area contributed by atoms with Crippen molar-refractivity contribution in [1.29, 1.82) is 5.41 Å². The highest BCUT2D eigenvalue weighted by atomic mass is 16.5. The van der Waals surface area contributed by atoms with Crippen molar-refractivity contribution in [2.75, 3.05) is 14.2 Å². The first-order valence-corrected chi connectivity index (χ1v) is 6.43. The first-order chi connectivity index (χ1) is 10.2. The van der Waals surface area contributed by atoms with E-state index >= 15 is 0 Å². The second-order valence-corrected chi connectivity index (χ2v) is 4.35. The highest BCUT2D eigenvalue weighted by Crippen LogP contribution is 2.37. The fourth-order valence-electron chi connectivity index (χ4n) is 2.02. The number of hydrogen-bond acceptors (Lipinski definition) is 4. The summed E-state index contributed by atoms with van der Waals surface area (Å²) in [5.41, 5.74) is 7.06. The summed E-state index contributed by atoms with van der Waals surface area (Å²) >= 11 is 0. The van der Waals surface area contributed by atoms with Crippen LogP contribution in [0, 0.1) is 5.41 Å². The number of nitrogens with one attached hydrogen (secondary N) is 1. The number of benzene rings is 2. The third kappa shape index (κ3) is 3.25. The van der Waals surface area contributed by atoms with E-state index in [1.807, 2.05) is 24.3 Å². The standard InChI is InChI=1S/C16H18N2O3/c1-19-13-8-5-9-14(20-2)15(13)21-10-11-6-3-4-7-12(11)16(17)18/h3-9H,10H2,1-2H3,(H3,17,18). The second kappa shape index (κ2) is 6.65. The Labute approximate surface area is 123 Å². The van der Waals surface area contributed by atoms with E-state index in [2.05, 4.69) is 0 Å². The van der Waals surface area contributed by atoms with Gasteiger partial charge in [-0.2, -0.15) is 0 Å². The van der Waals surface area contributed by atoms with Crippen LogP contribution in [0.15, 0.2) is 42.5 Å². The van der Waals surface area contributed by atoms with Gasteiger partial charge in [-0.15, -0.1) is 0 Å². The van der Waals surface area contributed by atoms with Crippen molar-refractivity contribution in [3.63, 3.8) is 0 Å². The first-order valence-electron chi connectivity index (χ1n) is 6.43. The van der Waals surface area contributed by atoms with Gasteiger partial charge in [0.15, 0.2) is 11.5 Å². The van der Waals surface area contributed by atoms with Crippen LogP contribution in [0.4, 0.5) is 0 Å². The molecule has 2 rings (SSSR count). The summed E-state index contributed by atoms with van der Waals surface area (Å²) < 4.78 is 16.4. The molecule has 0 fully saturated rings. The molecular weight excluding hydrogens is 268 g/mol. The lowest BCUT2D eigenvalue weighted by Gasteiger charge is -2.15. The lowest BCUT2D eigenvalue weighted by atomic mass is 10.1. The SMILES string of the molecule is COc1cccc(OC)c1OCc1ccccc1C(=N)N. The van der Waals surface area contributed by atoms with E-state index in [1.165, 1.54) is 0 Å². The maximum Gasteiger partial charge on any atom is 0.203 e. The van der Waals surface area contributed by atoms with Crippen molar-refractivity contribution >= 4 is 5.84 Å². The zero-order valence-electron chi connectivity index (χ0n) is 12.1. The van der Waals surface area contributed by atoms with E-state index in [1.54, 1.807) is 32.4 Å². The summed E-state index contributed by atoms with van der Waals surface area (Å²) in [7, 11) is 3.15. The second-order valence-electron chi connectivity index (χ2n) is 4.35. The molecule has 110 valence electrons. The van der Waals surface area contributed by atoms with Crippen LogP contribution in [0.25, 0.3) is 0 Å². The average molecular weight is 286 g/mol. The van der Waals surface area contributed by atoms with Crippen LogP contribution in [0.5, 0.6) is 17.2 Å². The molecule has 0 heterocycles. The number of hydrogen-bond donors (Lipinski definition) is 2. The van der Waals surface area contributed by atoms with Crippen molar-refractivity contribution in [3.8, 4) is 17.2 Å². The summed E-state index contributed by atoms with van der Waals surface area (Å²) in [6.07, 6.45) is 0. The molecule has 2 aromatic rings. The third-order valence-electron chi connectivity index (χ3n) is 3.06. The van der Waals surface area contributed by atoms with Gasteiger partial charge in [0.05, 0.1) is 14.2 Å². The Morgan fingerprint density at radius 1 is 1.00 bits per heavy atom. The number of nitrogen functional groups attached to an aromatic ring is 1. The third-order valence-corrected chi connectivity index (χ3v) is 3.06. The van der Waals surface area contributed by atoms with Gasteiger partial charge in [-0.25, -0.2) is 0 Å². The molecule has 0 spiro atoms. The lowest BCUT2D eigenvalue weighted by molar-refractivity contribution is 0.266. The number of nitrogens with two attached hydrogens (primary N) is 1. The number of methoxy groups -OCH3 is 2. The van der Waals surface area contributed by atoms with Gasteiger partial charge in [-0.3, -0.25) is 5.41 Å². The van der Waals surface area contributed by atoms with Gasteiger partial charge in [-0.05, 0) is 12.1 Å². The van der Waals surface area contributed by atoms with Crippen LogP contribution in [0.1, 0.15) is 11.1 Å². The quantitative estimate of drug-likeness (QED) is 0.632. The molecule has 5 nitrogen and oxygen atoms in total. The van der Waals surface area contributed by atoms with Crippen LogP contribution >= 0.6 is 0 Å². The smallest absolute Gasteiger partial charge is 0.203 e. The molecule has 21 heavy (non-hydrogen) atoms. The van der Waals surface area contributed by atoms with Gasteiger partial charge in [0.2, 0.25) is 5.75 Å². The Morgan fingerprint density at radius 2 is 1.62 bits per heavy atom. The van der Waals surface area contributed by atoms with E-state index in [4.69, 9.17) is 25.4 Å². The van der Waals surface area contributed by atoms with E-state index in [9.17, 15) is 0 Å². The molecule has 2 aromatic carbocycles. The number of amidine groups is 1. The molecule has 0 saturated carbocycles. The van der Waals surface area contributed by atoms with Gasteiger partial charge in [0.1, 0.15) is 12.4 Å². The molecule has 0 radical (unpaired) electrons. The fraction of sp³-hybridized carbons (Fsp3) is 0.188. The van der Waals surface area contributed by atoms with E-state index in [0.29, 0.717) is 22.8 Å². The summed E-state index contributed by atoms with van der Waals surface area (Å²) in [5.74, 6) is 1.73. The topological polar surface area (TPSA) is 77.6 Å². The van der Waals surface area contributed by atoms with Gasteiger partial charge < -0.3 is 19.9 Å². The molecule has 0 aromatic heterocycles.